The second-order valence-corrected chi connectivity index (χ2v) is 16.5. The molecule has 0 unspecified atom stereocenters. The Morgan fingerprint density at radius 3 is 1.14 bits per heavy atom. The highest BCUT2D eigenvalue weighted by molar-refractivity contribution is 6.23. The molecule has 13 rings (SSSR count). The number of hydrogen-bond acceptors (Lipinski definition) is 4. The summed E-state index contributed by atoms with van der Waals surface area (Å²) in [6, 6.07) is 82.4. The molecule has 2 aliphatic rings. The number of benzene rings is 11. The van der Waals surface area contributed by atoms with Gasteiger partial charge in [0.05, 0.1) is 22.7 Å². The molecule has 0 saturated carbocycles. The highest BCUT2D eigenvalue weighted by Gasteiger charge is 2.29. The average molecular weight is 819 g/mol. The van der Waals surface area contributed by atoms with Crippen LogP contribution in [0.3, 0.4) is 0 Å². The van der Waals surface area contributed by atoms with Crippen LogP contribution in [0, 0.1) is 0 Å². The van der Waals surface area contributed by atoms with Crippen molar-refractivity contribution in [3.05, 3.63) is 231 Å². The van der Waals surface area contributed by atoms with Crippen LogP contribution in [-0.2, 0) is 0 Å². The fourth-order valence-corrected chi connectivity index (χ4v) is 9.87. The molecule has 64 heavy (non-hydrogen) atoms. The zero-order chi connectivity index (χ0) is 42.1. The van der Waals surface area contributed by atoms with Crippen molar-refractivity contribution < 1.29 is 9.47 Å². The Bertz CT molecular complexity index is 3540. The van der Waals surface area contributed by atoms with Gasteiger partial charge in [-0.3, -0.25) is 0 Å². The van der Waals surface area contributed by atoms with Crippen molar-refractivity contribution >= 4 is 66.4 Å². The predicted octanol–water partition coefficient (Wildman–Crippen LogP) is 17.3. The maximum absolute atomic E-state index is 6.47. The van der Waals surface area contributed by atoms with E-state index in [1.54, 1.807) is 0 Å². The quantitative estimate of drug-likeness (QED) is 0.162. The Morgan fingerprint density at radius 2 is 0.641 bits per heavy atom. The van der Waals surface area contributed by atoms with E-state index in [-0.39, 0.29) is 0 Å². The minimum Gasteiger partial charge on any atom is -0.453 e. The molecule has 0 spiro atoms. The lowest BCUT2D eigenvalue weighted by molar-refractivity contribution is 0.477. The van der Waals surface area contributed by atoms with Crippen LogP contribution in [0.2, 0.25) is 0 Å². The second-order valence-electron chi connectivity index (χ2n) is 16.5. The lowest BCUT2D eigenvalue weighted by Gasteiger charge is -2.33. The molecule has 0 fully saturated rings. The predicted molar refractivity (Wildman–Crippen MR) is 265 cm³/mol. The number of ether oxygens (including phenoxy) is 2. The zero-order valence-electron chi connectivity index (χ0n) is 34.7. The topological polar surface area (TPSA) is 24.9 Å². The Kier molecular flexibility index (Phi) is 8.18. The first-order chi connectivity index (χ1) is 31.7. The fraction of sp³-hybridized carbons (Fsp3) is 0. The lowest BCUT2D eigenvalue weighted by Crippen LogP contribution is -2.15. The van der Waals surface area contributed by atoms with Gasteiger partial charge >= 0.3 is 0 Å². The van der Waals surface area contributed by atoms with Crippen molar-refractivity contribution in [1.29, 1.82) is 0 Å². The van der Waals surface area contributed by atoms with Gasteiger partial charge in [-0.05, 0) is 145 Å². The molecular formula is C60H38N2O2. The van der Waals surface area contributed by atoms with E-state index in [2.05, 4.69) is 192 Å². The molecule has 11 aromatic carbocycles. The molecule has 0 saturated heterocycles. The summed E-state index contributed by atoms with van der Waals surface area (Å²) in [5.74, 6) is 3.31. The number of para-hydroxylation sites is 8. The molecule has 0 bridgehead atoms. The summed E-state index contributed by atoms with van der Waals surface area (Å²) < 4.78 is 12.9. The summed E-state index contributed by atoms with van der Waals surface area (Å²) in [6.07, 6.45) is 0. The first-order valence-corrected chi connectivity index (χ1v) is 21.7. The van der Waals surface area contributed by atoms with E-state index < -0.39 is 0 Å². The molecule has 0 atom stereocenters. The van der Waals surface area contributed by atoms with E-state index in [0.717, 1.165) is 68.2 Å². The van der Waals surface area contributed by atoms with Gasteiger partial charge in [-0.1, -0.05) is 152 Å². The molecule has 11 aromatic rings. The van der Waals surface area contributed by atoms with Crippen LogP contribution in [0.15, 0.2) is 231 Å². The second kappa shape index (κ2) is 14.5. The monoisotopic (exact) mass is 818 g/mol. The van der Waals surface area contributed by atoms with Crippen LogP contribution in [0.5, 0.6) is 23.0 Å². The Labute approximate surface area is 371 Å². The molecule has 4 heteroatoms. The summed E-state index contributed by atoms with van der Waals surface area (Å²) in [6.45, 7) is 0. The molecule has 0 aromatic heterocycles. The Hall–Kier alpha value is -8.60. The normalized spacial score (nSPS) is 12.6. The van der Waals surface area contributed by atoms with Crippen molar-refractivity contribution in [2.75, 3.05) is 9.80 Å². The molecule has 0 amide bonds. The van der Waals surface area contributed by atoms with Gasteiger partial charge in [-0.15, -0.1) is 0 Å². The van der Waals surface area contributed by atoms with E-state index in [4.69, 9.17) is 9.47 Å². The first kappa shape index (κ1) is 36.1. The van der Waals surface area contributed by atoms with Crippen LogP contribution in [-0.4, -0.2) is 0 Å². The van der Waals surface area contributed by atoms with Gasteiger partial charge in [0.15, 0.2) is 23.0 Å². The van der Waals surface area contributed by atoms with Gasteiger partial charge in [-0.2, -0.15) is 0 Å². The summed E-state index contributed by atoms with van der Waals surface area (Å²) in [5.41, 5.74) is 13.2. The van der Waals surface area contributed by atoms with Gasteiger partial charge < -0.3 is 19.3 Å². The minimum absolute atomic E-state index is 0.827. The highest BCUT2D eigenvalue weighted by atomic mass is 16.5. The van der Waals surface area contributed by atoms with Gasteiger partial charge in [0.1, 0.15) is 0 Å². The number of anilines is 6. The van der Waals surface area contributed by atoms with E-state index in [9.17, 15) is 0 Å². The van der Waals surface area contributed by atoms with E-state index >= 15 is 0 Å². The van der Waals surface area contributed by atoms with Gasteiger partial charge in [0.25, 0.3) is 0 Å². The van der Waals surface area contributed by atoms with Crippen molar-refractivity contribution in [3.8, 4) is 56.4 Å². The molecule has 300 valence electrons. The number of hydrogen-bond donors (Lipinski definition) is 0. The third-order valence-corrected chi connectivity index (χ3v) is 12.8. The maximum atomic E-state index is 6.47. The number of fused-ring (bicyclic) bond motifs is 7. The van der Waals surface area contributed by atoms with Crippen molar-refractivity contribution in [3.63, 3.8) is 0 Å². The SMILES string of the molecule is c1ccc(-c2c3ccc(N4c5ccccc5Oc5ccccc54)cc3c(-c3ccc(-c4ccc5ccccc5c4)cc3)c3ccc(N4c5ccccc5Oc5ccccc54)cc23)cc1. The molecule has 4 nitrogen and oxygen atoms in total. The summed E-state index contributed by atoms with van der Waals surface area (Å²) in [5, 5.41) is 7.15. The van der Waals surface area contributed by atoms with Crippen LogP contribution < -0.4 is 19.3 Å². The van der Waals surface area contributed by atoms with Gasteiger partial charge in [0, 0.05) is 11.4 Å². The molecular weight excluding hydrogens is 781 g/mol. The molecule has 2 aliphatic heterocycles. The zero-order valence-corrected chi connectivity index (χ0v) is 34.7. The van der Waals surface area contributed by atoms with Gasteiger partial charge in [-0.25, -0.2) is 0 Å². The van der Waals surface area contributed by atoms with Crippen LogP contribution in [0.1, 0.15) is 0 Å². The minimum atomic E-state index is 0.827. The molecule has 0 radical (unpaired) electrons. The van der Waals surface area contributed by atoms with E-state index in [1.807, 2.05) is 48.5 Å². The summed E-state index contributed by atoms with van der Waals surface area (Å²) in [7, 11) is 0. The van der Waals surface area contributed by atoms with E-state index in [1.165, 1.54) is 54.6 Å². The number of nitrogens with zero attached hydrogens (tertiary/aromatic N) is 2. The third-order valence-electron chi connectivity index (χ3n) is 12.8. The smallest absolute Gasteiger partial charge is 0.151 e. The highest BCUT2D eigenvalue weighted by Crippen LogP contribution is 2.54. The Balaban J connectivity index is 1.09. The van der Waals surface area contributed by atoms with Crippen LogP contribution in [0.25, 0.3) is 65.7 Å². The maximum Gasteiger partial charge on any atom is 0.151 e. The molecule has 2 heterocycles. The van der Waals surface area contributed by atoms with E-state index in [0.29, 0.717) is 0 Å². The summed E-state index contributed by atoms with van der Waals surface area (Å²) in [4.78, 5) is 4.67. The van der Waals surface area contributed by atoms with Crippen molar-refractivity contribution in [1.82, 2.24) is 0 Å². The lowest BCUT2D eigenvalue weighted by atomic mass is 9.85. The van der Waals surface area contributed by atoms with Crippen molar-refractivity contribution in [2.24, 2.45) is 0 Å². The third kappa shape index (κ3) is 5.77. The largest absolute Gasteiger partial charge is 0.453 e. The first-order valence-electron chi connectivity index (χ1n) is 21.7. The van der Waals surface area contributed by atoms with Crippen LogP contribution >= 0.6 is 0 Å². The number of rotatable bonds is 5. The molecule has 0 aliphatic carbocycles. The average Bonchev–Trinajstić information content (AvgIpc) is 3.36. The standard InChI is InChI=1S/C60H38N2O2/c1-2-15-41(16-3-1)59-47-34-32-46(62-53-20-8-12-24-57(53)64-58-25-13-9-21-54(58)62)38-50(47)60(42-29-26-40(27-30-42)44-31-28-39-14-4-5-17-43(39)36-44)48-35-33-45(37-49(48)59)61-51-18-6-10-22-55(51)63-56-23-11-7-19-52(56)61/h1-38H. The van der Waals surface area contributed by atoms with Crippen molar-refractivity contribution in [2.45, 2.75) is 0 Å². The van der Waals surface area contributed by atoms with Gasteiger partial charge in [0.2, 0.25) is 0 Å². The molecule has 0 N–H and O–H groups in total. The Morgan fingerprint density at radius 1 is 0.250 bits per heavy atom. The summed E-state index contributed by atoms with van der Waals surface area (Å²) >= 11 is 0. The fourth-order valence-electron chi connectivity index (χ4n) is 9.87. The van der Waals surface area contributed by atoms with Crippen LogP contribution in [0.4, 0.5) is 34.1 Å².